The van der Waals surface area contributed by atoms with Crippen LogP contribution < -0.4 is 10.1 Å². The van der Waals surface area contributed by atoms with Crippen molar-refractivity contribution in [1.82, 2.24) is 10.2 Å². The minimum absolute atomic E-state index is 0.0871. The van der Waals surface area contributed by atoms with Gasteiger partial charge in [0.2, 0.25) is 5.91 Å². The van der Waals surface area contributed by atoms with Gasteiger partial charge in [-0.2, -0.15) is 0 Å². The SMILES string of the molecule is CN1C[C@H]2OC(C)(C)O[C@H]2[C@@H]1CCOc1ccc2cc(CC3SC(=O)NC3=O)ccc2c1. The third kappa shape index (κ3) is 4.37. The highest BCUT2D eigenvalue weighted by molar-refractivity contribution is 8.15. The van der Waals surface area contributed by atoms with Crippen LogP contribution in [0.25, 0.3) is 10.8 Å². The lowest BCUT2D eigenvalue weighted by atomic mass is 10.0. The molecule has 2 amide bonds. The first-order valence-corrected chi connectivity index (χ1v) is 11.9. The maximum atomic E-state index is 11.8. The Morgan fingerprint density at radius 2 is 1.94 bits per heavy atom. The molecular weight excluding hydrogens is 428 g/mol. The maximum Gasteiger partial charge on any atom is 0.286 e. The van der Waals surface area contributed by atoms with Crippen LogP contribution in [0.1, 0.15) is 25.8 Å². The molecule has 3 aliphatic rings. The molecule has 5 rings (SSSR count). The highest BCUT2D eigenvalue weighted by atomic mass is 32.2. The molecule has 3 saturated heterocycles. The number of hydrogen-bond acceptors (Lipinski definition) is 7. The average Bonchev–Trinajstić information content (AvgIpc) is 3.30. The van der Waals surface area contributed by atoms with Crippen molar-refractivity contribution < 1.29 is 23.8 Å². The van der Waals surface area contributed by atoms with E-state index in [0.29, 0.717) is 13.0 Å². The highest BCUT2D eigenvalue weighted by Gasteiger charge is 2.51. The number of carbonyl (C=O) groups excluding carboxylic acids is 2. The van der Waals surface area contributed by atoms with Gasteiger partial charge in [-0.1, -0.05) is 36.0 Å². The molecule has 0 aromatic heterocycles. The lowest BCUT2D eigenvalue weighted by molar-refractivity contribution is -0.160. The smallest absolute Gasteiger partial charge is 0.286 e. The fourth-order valence-corrected chi connectivity index (χ4v) is 5.77. The second kappa shape index (κ2) is 8.33. The molecule has 170 valence electrons. The van der Waals surface area contributed by atoms with E-state index >= 15 is 0 Å². The van der Waals surface area contributed by atoms with Crippen molar-refractivity contribution in [3.05, 3.63) is 42.0 Å². The number of carbonyl (C=O) groups is 2. The van der Waals surface area contributed by atoms with E-state index in [-0.39, 0.29) is 34.6 Å². The lowest BCUT2D eigenvalue weighted by Crippen LogP contribution is -2.37. The summed E-state index contributed by atoms with van der Waals surface area (Å²) < 4.78 is 18.2. The van der Waals surface area contributed by atoms with Gasteiger partial charge in [-0.05, 0) is 62.2 Å². The molecule has 0 spiro atoms. The molecule has 1 N–H and O–H groups in total. The van der Waals surface area contributed by atoms with Crippen molar-refractivity contribution in [3.8, 4) is 5.75 Å². The van der Waals surface area contributed by atoms with Gasteiger partial charge in [0.1, 0.15) is 18.0 Å². The van der Waals surface area contributed by atoms with Gasteiger partial charge < -0.3 is 14.2 Å². The van der Waals surface area contributed by atoms with Gasteiger partial charge >= 0.3 is 0 Å². The number of thioether (sulfide) groups is 1. The molecule has 0 saturated carbocycles. The number of fused-ring (bicyclic) bond motifs is 2. The Balaban J connectivity index is 1.19. The molecule has 0 bridgehead atoms. The van der Waals surface area contributed by atoms with Crippen LogP contribution in [0.4, 0.5) is 4.79 Å². The van der Waals surface area contributed by atoms with Crippen molar-refractivity contribution >= 4 is 33.7 Å². The number of nitrogens with zero attached hydrogens (tertiary/aromatic N) is 1. The molecule has 32 heavy (non-hydrogen) atoms. The predicted molar refractivity (Wildman–Crippen MR) is 123 cm³/mol. The van der Waals surface area contributed by atoms with Crippen LogP contribution >= 0.6 is 11.8 Å². The number of nitrogens with one attached hydrogen (secondary N) is 1. The first-order chi connectivity index (χ1) is 15.3. The summed E-state index contributed by atoms with van der Waals surface area (Å²) in [5, 5.41) is 3.89. The minimum Gasteiger partial charge on any atom is -0.494 e. The Morgan fingerprint density at radius 1 is 1.16 bits per heavy atom. The first kappa shape index (κ1) is 21.7. The maximum absolute atomic E-state index is 11.8. The second-order valence-electron chi connectivity index (χ2n) is 9.21. The Morgan fingerprint density at radius 3 is 2.72 bits per heavy atom. The van der Waals surface area contributed by atoms with E-state index in [0.717, 1.165) is 46.8 Å². The molecule has 3 fully saturated rings. The number of rotatable bonds is 6. The summed E-state index contributed by atoms with van der Waals surface area (Å²) >= 11 is 1.06. The number of benzene rings is 2. The second-order valence-corrected chi connectivity index (χ2v) is 10.4. The van der Waals surface area contributed by atoms with E-state index in [9.17, 15) is 9.59 Å². The summed E-state index contributed by atoms with van der Waals surface area (Å²) in [4.78, 5) is 25.5. The summed E-state index contributed by atoms with van der Waals surface area (Å²) in [6, 6.07) is 12.5. The van der Waals surface area contributed by atoms with Gasteiger partial charge in [0, 0.05) is 12.6 Å². The van der Waals surface area contributed by atoms with Crippen LogP contribution in [0.3, 0.4) is 0 Å². The summed E-state index contributed by atoms with van der Waals surface area (Å²) in [5.41, 5.74) is 1.04. The number of likely N-dealkylation sites (tertiary alicyclic amines) is 1. The molecule has 3 aliphatic heterocycles. The van der Waals surface area contributed by atoms with Crippen LogP contribution in [0.15, 0.2) is 36.4 Å². The van der Waals surface area contributed by atoms with Gasteiger partial charge in [0.15, 0.2) is 5.79 Å². The monoisotopic (exact) mass is 456 g/mol. The quantitative estimate of drug-likeness (QED) is 0.714. The third-order valence-corrected chi connectivity index (χ3v) is 7.36. The molecule has 7 nitrogen and oxygen atoms in total. The van der Waals surface area contributed by atoms with Crippen molar-refractivity contribution in [3.63, 3.8) is 0 Å². The molecule has 0 radical (unpaired) electrons. The predicted octanol–water partition coefficient (Wildman–Crippen LogP) is 3.34. The van der Waals surface area contributed by atoms with E-state index < -0.39 is 5.79 Å². The first-order valence-electron chi connectivity index (χ1n) is 11.0. The van der Waals surface area contributed by atoms with Gasteiger partial charge in [-0.3, -0.25) is 19.8 Å². The fourth-order valence-electron chi connectivity index (χ4n) is 4.91. The van der Waals surface area contributed by atoms with Gasteiger partial charge in [-0.25, -0.2) is 0 Å². The van der Waals surface area contributed by atoms with Gasteiger partial charge in [-0.15, -0.1) is 0 Å². The van der Waals surface area contributed by atoms with Gasteiger partial charge in [0.25, 0.3) is 5.24 Å². The number of imide groups is 1. The topological polar surface area (TPSA) is 77.1 Å². The largest absolute Gasteiger partial charge is 0.494 e. The molecule has 1 unspecified atom stereocenters. The van der Waals surface area contributed by atoms with Crippen LogP contribution in [0.2, 0.25) is 0 Å². The Kier molecular flexibility index (Phi) is 5.65. The van der Waals surface area contributed by atoms with Crippen LogP contribution in [0.5, 0.6) is 5.75 Å². The summed E-state index contributed by atoms with van der Waals surface area (Å²) in [7, 11) is 2.11. The van der Waals surface area contributed by atoms with E-state index in [2.05, 4.69) is 23.3 Å². The van der Waals surface area contributed by atoms with Crippen LogP contribution in [-0.2, 0) is 20.7 Å². The van der Waals surface area contributed by atoms with Crippen LogP contribution in [-0.4, -0.2) is 65.5 Å². The molecule has 3 heterocycles. The number of hydrogen-bond donors (Lipinski definition) is 1. The summed E-state index contributed by atoms with van der Waals surface area (Å²) in [6.07, 6.45) is 1.62. The molecular formula is C24H28N2O5S. The number of likely N-dealkylation sites (N-methyl/N-ethyl adjacent to an activating group) is 1. The van der Waals surface area contributed by atoms with E-state index in [4.69, 9.17) is 14.2 Å². The summed E-state index contributed by atoms with van der Waals surface area (Å²) in [6.45, 7) is 5.43. The Bertz CT molecular complexity index is 1060. The molecule has 4 atom stereocenters. The molecule has 2 aromatic rings. The van der Waals surface area contributed by atoms with E-state index in [1.165, 1.54) is 0 Å². The zero-order chi connectivity index (χ0) is 22.5. The molecule has 0 aliphatic carbocycles. The third-order valence-electron chi connectivity index (χ3n) is 6.38. The van der Waals surface area contributed by atoms with E-state index in [1.807, 2.05) is 44.2 Å². The molecule has 2 aromatic carbocycles. The van der Waals surface area contributed by atoms with Crippen molar-refractivity contribution in [2.45, 2.75) is 56.0 Å². The molecule has 8 heteroatoms. The summed E-state index contributed by atoms with van der Waals surface area (Å²) in [5.74, 6) is 0.117. The zero-order valence-electron chi connectivity index (χ0n) is 18.5. The average molecular weight is 457 g/mol. The number of ether oxygens (including phenoxy) is 3. The number of amides is 2. The fraction of sp³-hybridized carbons (Fsp3) is 0.500. The van der Waals surface area contributed by atoms with Crippen molar-refractivity contribution in [1.29, 1.82) is 0 Å². The lowest BCUT2D eigenvalue weighted by Gasteiger charge is -2.27. The Hall–Kier alpha value is -2.13. The highest BCUT2D eigenvalue weighted by Crippen LogP contribution is 2.37. The minimum atomic E-state index is -0.511. The zero-order valence-corrected chi connectivity index (χ0v) is 19.3. The van der Waals surface area contributed by atoms with Crippen molar-refractivity contribution in [2.24, 2.45) is 0 Å². The van der Waals surface area contributed by atoms with Crippen molar-refractivity contribution in [2.75, 3.05) is 20.2 Å². The van der Waals surface area contributed by atoms with Gasteiger partial charge in [0.05, 0.1) is 11.9 Å². The standard InChI is InChI=1S/C24H28N2O5S/c1-24(2)30-19-13-26(3)18(21(19)31-24)8-9-29-17-7-6-15-10-14(4-5-16(15)12-17)11-20-22(27)25-23(28)32-20/h4-7,10,12,18-21H,8-9,11,13H2,1-3H3,(H,25,27,28)/t18-,19+,20?,21-/m0/s1. The Labute approximate surface area is 191 Å². The normalized spacial score (nSPS) is 29.5. The van der Waals surface area contributed by atoms with E-state index in [1.54, 1.807) is 0 Å². The van der Waals surface area contributed by atoms with Crippen LogP contribution in [0, 0.1) is 0 Å².